The zero-order valence-electron chi connectivity index (χ0n) is 6.85. The Kier molecular flexibility index (Phi) is 3.63. The van der Waals surface area contributed by atoms with Gasteiger partial charge >= 0.3 is 0 Å². The van der Waals surface area contributed by atoms with Crippen LogP contribution in [0.15, 0.2) is 18.6 Å². The summed E-state index contributed by atoms with van der Waals surface area (Å²) in [4.78, 5) is 7.84. The molecule has 1 atom stereocenters. The fourth-order valence-corrected chi connectivity index (χ4v) is 0.957. The minimum Gasteiger partial charge on any atom is -0.396 e. The van der Waals surface area contributed by atoms with Crippen molar-refractivity contribution in [1.82, 2.24) is 9.97 Å². The second-order valence-corrected chi connectivity index (χ2v) is 2.69. The minimum absolute atomic E-state index is 0.111. The molecule has 0 spiro atoms. The Labute approximate surface area is 71.5 Å². The van der Waals surface area contributed by atoms with E-state index in [2.05, 4.69) is 9.97 Å². The smallest absolute Gasteiger partial charge is 0.115 e. The summed E-state index contributed by atoms with van der Waals surface area (Å²) >= 11 is 0. The van der Waals surface area contributed by atoms with Gasteiger partial charge in [-0.05, 0) is 24.9 Å². The first kappa shape index (κ1) is 9.09. The van der Waals surface area contributed by atoms with Gasteiger partial charge in [-0.3, -0.25) is 0 Å². The lowest BCUT2D eigenvalue weighted by atomic mass is 10.1. The van der Waals surface area contributed by atoms with Gasteiger partial charge in [0.15, 0.2) is 0 Å². The number of nitrogens with zero attached hydrogens (tertiary/aromatic N) is 2. The molecule has 0 aliphatic carbocycles. The van der Waals surface area contributed by atoms with Crippen molar-refractivity contribution >= 4 is 0 Å². The van der Waals surface area contributed by atoms with Crippen molar-refractivity contribution in [2.75, 3.05) is 13.2 Å². The van der Waals surface area contributed by atoms with Gasteiger partial charge in [-0.15, -0.1) is 0 Å². The average molecular weight is 167 g/mol. The van der Waals surface area contributed by atoms with Gasteiger partial charge in [0.2, 0.25) is 0 Å². The van der Waals surface area contributed by atoms with Crippen molar-refractivity contribution < 1.29 is 5.11 Å². The predicted molar refractivity (Wildman–Crippen MR) is 45.4 cm³/mol. The summed E-state index contributed by atoms with van der Waals surface area (Å²) < 4.78 is 0. The van der Waals surface area contributed by atoms with E-state index < -0.39 is 0 Å². The molecule has 12 heavy (non-hydrogen) atoms. The largest absolute Gasteiger partial charge is 0.396 e. The normalized spacial score (nSPS) is 12.8. The van der Waals surface area contributed by atoms with Gasteiger partial charge in [0, 0.05) is 18.5 Å². The SMILES string of the molecule is NCC(CO)Cc1ccncn1. The average Bonchev–Trinajstić information content (AvgIpc) is 2.16. The maximum absolute atomic E-state index is 8.86. The number of nitrogens with two attached hydrogens (primary N) is 1. The highest BCUT2D eigenvalue weighted by Gasteiger charge is 2.06. The molecule has 0 amide bonds. The maximum atomic E-state index is 8.86. The van der Waals surface area contributed by atoms with E-state index in [4.69, 9.17) is 10.8 Å². The summed E-state index contributed by atoms with van der Waals surface area (Å²) in [6, 6.07) is 1.83. The monoisotopic (exact) mass is 167 g/mol. The molecule has 1 unspecified atom stereocenters. The lowest BCUT2D eigenvalue weighted by Gasteiger charge is -2.09. The van der Waals surface area contributed by atoms with E-state index in [0.29, 0.717) is 6.54 Å². The van der Waals surface area contributed by atoms with Gasteiger partial charge in [0.1, 0.15) is 6.33 Å². The van der Waals surface area contributed by atoms with Crippen molar-refractivity contribution in [2.24, 2.45) is 11.7 Å². The molecule has 0 aromatic carbocycles. The standard InChI is InChI=1S/C8H13N3O/c9-4-7(5-12)3-8-1-2-10-6-11-8/h1-2,6-7,12H,3-5,9H2. The summed E-state index contributed by atoms with van der Waals surface area (Å²) in [6.45, 7) is 0.598. The van der Waals surface area contributed by atoms with Crippen LogP contribution in [0.5, 0.6) is 0 Å². The Morgan fingerprint density at radius 3 is 2.92 bits per heavy atom. The van der Waals surface area contributed by atoms with Crippen LogP contribution in [-0.4, -0.2) is 28.2 Å². The highest BCUT2D eigenvalue weighted by molar-refractivity contribution is 4.99. The van der Waals surface area contributed by atoms with Crippen LogP contribution in [-0.2, 0) is 6.42 Å². The molecule has 0 saturated carbocycles. The minimum atomic E-state index is 0.111. The first-order valence-corrected chi connectivity index (χ1v) is 3.92. The van der Waals surface area contributed by atoms with Gasteiger partial charge in [0.25, 0.3) is 0 Å². The van der Waals surface area contributed by atoms with Gasteiger partial charge in [-0.1, -0.05) is 0 Å². The number of hydrogen-bond acceptors (Lipinski definition) is 4. The Hall–Kier alpha value is -1.00. The van der Waals surface area contributed by atoms with Crippen LogP contribution in [0, 0.1) is 5.92 Å². The third kappa shape index (κ3) is 2.56. The molecule has 0 aliphatic rings. The number of hydrogen-bond donors (Lipinski definition) is 2. The highest BCUT2D eigenvalue weighted by atomic mass is 16.3. The van der Waals surface area contributed by atoms with E-state index in [1.165, 1.54) is 6.33 Å². The van der Waals surface area contributed by atoms with Crippen molar-refractivity contribution in [3.05, 3.63) is 24.3 Å². The molecule has 4 nitrogen and oxygen atoms in total. The number of aliphatic hydroxyl groups is 1. The highest BCUT2D eigenvalue weighted by Crippen LogP contribution is 2.02. The van der Waals surface area contributed by atoms with Gasteiger partial charge in [-0.2, -0.15) is 0 Å². The molecule has 0 aliphatic heterocycles. The quantitative estimate of drug-likeness (QED) is 0.639. The molecule has 4 heteroatoms. The third-order valence-electron chi connectivity index (χ3n) is 1.73. The number of aromatic nitrogens is 2. The molecule has 66 valence electrons. The molecule has 1 aromatic heterocycles. The van der Waals surface area contributed by atoms with Crippen LogP contribution in [0.25, 0.3) is 0 Å². The second kappa shape index (κ2) is 4.79. The molecule has 0 radical (unpaired) electrons. The van der Waals surface area contributed by atoms with Crippen LogP contribution in [0.2, 0.25) is 0 Å². The maximum Gasteiger partial charge on any atom is 0.115 e. The summed E-state index contributed by atoms with van der Waals surface area (Å²) in [5.41, 5.74) is 6.35. The van der Waals surface area contributed by atoms with Gasteiger partial charge < -0.3 is 10.8 Å². The van der Waals surface area contributed by atoms with Crippen molar-refractivity contribution in [2.45, 2.75) is 6.42 Å². The Balaban J connectivity index is 2.51. The summed E-state index contributed by atoms with van der Waals surface area (Å²) in [5, 5.41) is 8.86. The summed E-state index contributed by atoms with van der Waals surface area (Å²) in [6.07, 6.45) is 3.91. The van der Waals surface area contributed by atoms with Crippen molar-refractivity contribution in [1.29, 1.82) is 0 Å². The van der Waals surface area contributed by atoms with E-state index in [9.17, 15) is 0 Å². The van der Waals surface area contributed by atoms with Gasteiger partial charge in [-0.25, -0.2) is 9.97 Å². The summed E-state index contributed by atoms with van der Waals surface area (Å²) in [7, 11) is 0. The fourth-order valence-electron chi connectivity index (χ4n) is 0.957. The topological polar surface area (TPSA) is 72.0 Å². The van der Waals surface area contributed by atoms with E-state index in [-0.39, 0.29) is 12.5 Å². The van der Waals surface area contributed by atoms with Crippen LogP contribution in [0.4, 0.5) is 0 Å². The lowest BCUT2D eigenvalue weighted by Crippen LogP contribution is -2.20. The fraction of sp³-hybridized carbons (Fsp3) is 0.500. The first-order valence-electron chi connectivity index (χ1n) is 3.92. The second-order valence-electron chi connectivity index (χ2n) is 2.69. The molecule has 1 heterocycles. The number of rotatable bonds is 4. The van der Waals surface area contributed by atoms with E-state index in [0.717, 1.165) is 12.1 Å². The van der Waals surface area contributed by atoms with Crippen LogP contribution >= 0.6 is 0 Å². The summed E-state index contributed by atoms with van der Waals surface area (Å²) in [5.74, 6) is 0.111. The van der Waals surface area contributed by atoms with Gasteiger partial charge in [0.05, 0.1) is 0 Å². The Morgan fingerprint density at radius 1 is 1.58 bits per heavy atom. The van der Waals surface area contributed by atoms with Crippen LogP contribution in [0.1, 0.15) is 5.69 Å². The Morgan fingerprint density at radius 2 is 2.42 bits per heavy atom. The zero-order chi connectivity index (χ0) is 8.81. The Bertz CT molecular complexity index is 211. The zero-order valence-corrected chi connectivity index (χ0v) is 6.85. The molecule has 0 fully saturated rings. The van der Waals surface area contributed by atoms with E-state index in [1.54, 1.807) is 6.20 Å². The molecule has 0 saturated heterocycles. The predicted octanol–water partition coefficient (Wildman–Crippen LogP) is -0.414. The van der Waals surface area contributed by atoms with Crippen LogP contribution < -0.4 is 5.73 Å². The molecule has 0 bridgehead atoms. The third-order valence-corrected chi connectivity index (χ3v) is 1.73. The van der Waals surface area contributed by atoms with Crippen LogP contribution in [0.3, 0.4) is 0 Å². The molecule has 1 aromatic rings. The van der Waals surface area contributed by atoms with E-state index >= 15 is 0 Å². The molecule has 3 N–H and O–H groups in total. The lowest BCUT2D eigenvalue weighted by molar-refractivity contribution is 0.229. The van der Waals surface area contributed by atoms with Crippen molar-refractivity contribution in [3.63, 3.8) is 0 Å². The number of aliphatic hydroxyl groups excluding tert-OH is 1. The molecular formula is C8H13N3O. The molecule has 1 rings (SSSR count). The van der Waals surface area contributed by atoms with Crippen molar-refractivity contribution in [3.8, 4) is 0 Å². The van der Waals surface area contributed by atoms with E-state index in [1.807, 2.05) is 6.07 Å². The molecular weight excluding hydrogens is 154 g/mol. The first-order chi connectivity index (χ1) is 5.86.